The minimum atomic E-state index is -0.496. The highest BCUT2D eigenvalue weighted by Crippen LogP contribution is 2.09. The Labute approximate surface area is 99.7 Å². The number of rotatable bonds is 6. The van der Waals surface area contributed by atoms with Gasteiger partial charge in [-0.1, -0.05) is 12.1 Å². The molecule has 0 saturated carbocycles. The van der Waals surface area contributed by atoms with Gasteiger partial charge in [-0.2, -0.15) is 0 Å². The molecule has 0 aliphatic carbocycles. The van der Waals surface area contributed by atoms with Gasteiger partial charge in [-0.25, -0.2) is 0 Å². The van der Waals surface area contributed by atoms with Gasteiger partial charge in [-0.05, 0) is 18.2 Å². The number of hydrogen-bond donors (Lipinski definition) is 3. The molecule has 0 spiro atoms. The molecule has 0 unspecified atom stereocenters. The minimum Gasteiger partial charge on any atom is -0.376 e. The Morgan fingerprint density at radius 3 is 2.82 bits per heavy atom. The van der Waals surface area contributed by atoms with Gasteiger partial charge in [0.2, 0.25) is 11.8 Å². The molecule has 0 atom stereocenters. The highest BCUT2D eigenvalue weighted by molar-refractivity contribution is 5.93. The third-order valence-corrected chi connectivity index (χ3v) is 2.04. The standard InChI is InChI=1S/C12H15N3O2/c1-2-6-14-11(16)8-15-10-5-3-4-9(7-10)12(13)17/h2-5,7,15H,1,6,8H2,(H2,13,17)(H,14,16). The van der Waals surface area contributed by atoms with Crippen LogP contribution < -0.4 is 16.4 Å². The number of nitrogens with one attached hydrogen (secondary N) is 2. The molecule has 0 aliphatic rings. The Morgan fingerprint density at radius 1 is 1.41 bits per heavy atom. The fourth-order valence-electron chi connectivity index (χ4n) is 1.21. The van der Waals surface area contributed by atoms with Crippen molar-refractivity contribution >= 4 is 17.5 Å². The van der Waals surface area contributed by atoms with Crippen molar-refractivity contribution in [3.63, 3.8) is 0 Å². The third-order valence-electron chi connectivity index (χ3n) is 2.04. The molecule has 1 aromatic rings. The smallest absolute Gasteiger partial charge is 0.248 e. The molecule has 1 rings (SSSR count). The average molecular weight is 233 g/mol. The molecule has 0 fully saturated rings. The molecule has 0 saturated heterocycles. The summed E-state index contributed by atoms with van der Waals surface area (Å²) in [5, 5.41) is 5.52. The van der Waals surface area contributed by atoms with Crippen LogP contribution in [0.25, 0.3) is 0 Å². The highest BCUT2D eigenvalue weighted by atomic mass is 16.2. The molecular weight excluding hydrogens is 218 g/mol. The average Bonchev–Trinajstić information content (AvgIpc) is 2.34. The Kier molecular flexibility index (Phi) is 4.75. The topological polar surface area (TPSA) is 84.2 Å². The van der Waals surface area contributed by atoms with Crippen LogP contribution in [0.1, 0.15) is 10.4 Å². The predicted octanol–water partition coefficient (Wildman–Crippen LogP) is 0.500. The first kappa shape index (κ1) is 12.8. The molecule has 0 aromatic heterocycles. The van der Waals surface area contributed by atoms with Crippen molar-refractivity contribution in [2.24, 2.45) is 5.73 Å². The van der Waals surface area contributed by atoms with Crippen molar-refractivity contribution in [2.75, 3.05) is 18.4 Å². The summed E-state index contributed by atoms with van der Waals surface area (Å²) in [6.07, 6.45) is 1.60. The lowest BCUT2D eigenvalue weighted by Crippen LogP contribution is -2.29. The van der Waals surface area contributed by atoms with E-state index in [4.69, 9.17) is 5.73 Å². The number of nitrogens with two attached hydrogens (primary N) is 1. The number of anilines is 1. The maximum atomic E-state index is 11.3. The van der Waals surface area contributed by atoms with E-state index in [9.17, 15) is 9.59 Å². The monoisotopic (exact) mass is 233 g/mol. The van der Waals surface area contributed by atoms with Gasteiger partial charge in [0.05, 0.1) is 6.54 Å². The van der Waals surface area contributed by atoms with Crippen LogP contribution >= 0.6 is 0 Å². The summed E-state index contributed by atoms with van der Waals surface area (Å²) >= 11 is 0. The van der Waals surface area contributed by atoms with E-state index in [1.165, 1.54) is 0 Å². The molecule has 0 aliphatic heterocycles. The van der Waals surface area contributed by atoms with Gasteiger partial charge in [0.1, 0.15) is 0 Å². The molecule has 0 heterocycles. The highest BCUT2D eigenvalue weighted by Gasteiger charge is 2.02. The fraction of sp³-hybridized carbons (Fsp3) is 0.167. The summed E-state index contributed by atoms with van der Waals surface area (Å²) in [7, 11) is 0. The molecule has 0 bridgehead atoms. The quantitative estimate of drug-likeness (QED) is 0.625. The second-order valence-corrected chi connectivity index (χ2v) is 3.39. The number of benzene rings is 1. The van der Waals surface area contributed by atoms with Crippen molar-refractivity contribution in [3.05, 3.63) is 42.5 Å². The molecule has 17 heavy (non-hydrogen) atoms. The van der Waals surface area contributed by atoms with Crippen LogP contribution in [0, 0.1) is 0 Å². The molecule has 5 nitrogen and oxygen atoms in total. The van der Waals surface area contributed by atoms with Gasteiger partial charge in [0.25, 0.3) is 0 Å². The van der Waals surface area contributed by atoms with Crippen LogP contribution in [0.15, 0.2) is 36.9 Å². The second kappa shape index (κ2) is 6.32. The first-order valence-corrected chi connectivity index (χ1v) is 5.15. The fourth-order valence-corrected chi connectivity index (χ4v) is 1.21. The largest absolute Gasteiger partial charge is 0.376 e. The summed E-state index contributed by atoms with van der Waals surface area (Å²) < 4.78 is 0. The Morgan fingerprint density at radius 2 is 2.18 bits per heavy atom. The Bertz CT molecular complexity index is 430. The maximum Gasteiger partial charge on any atom is 0.248 e. The third kappa shape index (κ3) is 4.38. The Hall–Kier alpha value is -2.30. The van der Waals surface area contributed by atoms with Crippen LogP contribution in [0.2, 0.25) is 0 Å². The Balaban J connectivity index is 2.51. The van der Waals surface area contributed by atoms with Crippen molar-refractivity contribution in [3.8, 4) is 0 Å². The lowest BCUT2D eigenvalue weighted by Gasteiger charge is -2.07. The number of amides is 2. The van der Waals surface area contributed by atoms with E-state index in [2.05, 4.69) is 17.2 Å². The van der Waals surface area contributed by atoms with Crippen LogP contribution in [0.3, 0.4) is 0 Å². The van der Waals surface area contributed by atoms with Crippen molar-refractivity contribution < 1.29 is 9.59 Å². The van der Waals surface area contributed by atoms with E-state index in [1.807, 2.05) is 0 Å². The zero-order chi connectivity index (χ0) is 12.7. The number of primary amides is 1. The van der Waals surface area contributed by atoms with Crippen molar-refractivity contribution in [2.45, 2.75) is 0 Å². The van der Waals surface area contributed by atoms with Gasteiger partial charge < -0.3 is 16.4 Å². The summed E-state index contributed by atoms with van der Waals surface area (Å²) in [6, 6.07) is 6.67. The molecule has 90 valence electrons. The molecule has 5 heteroatoms. The molecule has 1 aromatic carbocycles. The van der Waals surface area contributed by atoms with Crippen LogP contribution in [0.5, 0.6) is 0 Å². The van der Waals surface area contributed by atoms with E-state index in [-0.39, 0.29) is 12.5 Å². The zero-order valence-corrected chi connectivity index (χ0v) is 9.40. The van der Waals surface area contributed by atoms with Gasteiger partial charge in [0.15, 0.2) is 0 Å². The first-order chi connectivity index (χ1) is 8.13. The van der Waals surface area contributed by atoms with Crippen LogP contribution in [-0.2, 0) is 4.79 Å². The van der Waals surface area contributed by atoms with E-state index in [0.717, 1.165) is 0 Å². The van der Waals surface area contributed by atoms with Gasteiger partial charge in [0, 0.05) is 17.8 Å². The van der Waals surface area contributed by atoms with Gasteiger partial charge in [-0.3, -0.25) is 9.59 Å². The van der Waals surface area contributed by atoms with Crippen LogP contribution in [-0.4, -0.2) is 24.9 Å². The van der Waals surface area contributed by atoms with Crippen molar-refractivity contribution in [1.29, 1.82) is 0 Å². The maximum absolute atomic E-state index is 11.3. The summed E-state index contributed by atoms with van der Waals surface area (Å²) in [5.41, 5.74) is 6.23. The zero-order valence-electron chi connectivity index (χ0n) is 9.40. The molecular formula is C12H15N3O2. The number of hydrogen-bond acceptors (Lipinski definition) is 3. The molecule has 2 amide bonds. The van der Waals surface area contributed by atoms with Gasteiger partial charge >= 0.3 is 0 Å². The van der Waals surface area contributed by atoms with E-state index in [0.29, 0.717) is 17.8 Å². The SMILES string of the molecule is C=CCNC(=O)CNc1cccc(C(N)=O)c1. The second-order valence-electron chi connectivity index (χ2n) is 3.39. The summed E-state index contributed by atoms with van der Waals surface area (Å²) in [5.74, 6) is -0.640. The van der Waals surface area contributed by atoms with E-state index >= 15 is 0 Å². The summed E-state index contributed by atoms with van der Waals surface area (Å²) in [4.78, 5) is 22.2. The molecule has 4 N–H and O–H groups in total. The lowest BCUT2D eigenvalue weighted by molar-refractivity contribution is -0.119. The molecule has 0 radical (unpaired) electrons. The first-order valence-electron chi connectivity index (χ1n) is 5.15. The lowest BCUT2D eigenvalue weighted by atomic mass is 10.2. The minimum absolute atomic E-state index is 0.135. The van der Waals surface area contributed by atoms with Crippen LogP contribution in [0.4, 0.5) is 5.69 Å². The van der Waals surface area contributed by atoms with Crippen molar-refractivity contribution in [1.82, 2.24) is 5.32 Å². The normalized spacial score (nSPS) is 9.41. The number of carbonyl (C=O) groups is 2. The van der Waals surface area contributed by atoms with E-state index in [1.54, 1.807) is 30.3 Å². The predicted molar refractivity (Wildman–Crippen MR) is 66.7 cm³/mol. The van der Waals surface area contributed by atoms with E-state index < -0.39 is 5.91 Å². The van der Waals surface area contributed by atoms with Gasteiger partial charge in [-0.15, -0.1) is 6.58 Å². The summed E-state index contributed by atoms with van der Waals surface area (Å²) in [6.45, 7) is 4.06. The number of carbonyl (C=O) groups excluding carboxylic acids is 2.